The molecule has 4 nitrogen and oxygen atoms in total. The van der Waals surface area contributed by atoms with Gasteiger partial charge in [-0.1, -0.05) is 6.07 Å². The minimum atomic E-state index is -0.245. The van der Waals surface area contributed by atoms with Crippen LogP contribution in [0.2, 0.25) is 0 Å². The van der Waals surface area contributed by atoms with E-state index in [2.05, 4.69) is 16.0 Å². The number of nitrogens with two attached hydrogens (primary N) is 1. The van der Waals surface area contributed by atoms with Gasteiger partial charge in [0.2, 0.25) is 0 Å². The molecular formula is C22H17FN4S. The van der Waals surface area contributed by atoms with Crippen molar-refractivity contribution in [1.29, 1.82) is 5.41 Å². The molecular weight excluding hydrogens is 371 g/mol. The lowest BCUT2D eigenvalue weighted by molar-refractivity contribution is 0.619. The SMILES string of the molecule is Cc1cc(-c2ncc(C(C=N)=CN)cc2-c2ccc3ncsc3c2)ccc1F. The highest BCUT2D eigenvalue weighted by Gasteiger charge is 2.14. The summed E-state index contributed by atoms with van der Waals surface area (Å²) in [6.07, 6.45) is 4.28. The Hall–Kier alpha value is -3.38. The van der Waals surface area contributed by atoms with Gasteiger partial charge in [-0.2, -0.15) is 0 Å². The van der Waals surface area contributed by atoms with Crippen LogP contribution in [0.15, 0.2) is 60.4 Å². The Morgan fingerprint density at radius 1 is 1.11 bits per heavy atom. The maximum Gasteiger partial charge on any atom is 0.126 e. The summed E-state index contributed by atoms with van der Waals surface area (Å²) in [6.45, 7) is 1.74. The first-order valence-corrected chi connectivity index (χ1v) is 9.51. The zero-order valence-electron chi connectivity index (χ0n) is 15.1. The van der Waals surface area contributed by atoms with Crippen molar-refractivity contribution in [2.24, 2.45) is 5.73 Å². The molecule has 0 saturated carbocycles. The molecule has 0 aliphatic heterocycles. The van der Waals surface area contributed by atoms with Gasteiger partial charge in [0, 0.05) is 40.9 Å². The van der Waals surface area contributed by atoms with Crippen LogP contribution < -0.4 is 5.73 Å². The van der Waals surface area contributed by atoms with Gasteiger partial charge in [-0.3, -0.25) is 4.98 Å². The third-order valence-corrected chi connectivity index (χ3v) is 5.42. The number of aryl methyl sites for hydroxylation is 1. The molecule has 0 atom stereocenters. The first-order chi connectivity index (χ1) is 13.6. The van der Waals surface area contributed by atoms with Crippen LogP contribution in [-0.4, -0.2) is 16.2 Å². The Balaban J connectivity index is 1.97. The van der Waals surface area contributed by atoms with E-state index in [0.717, 1.165) is 38.2 Å². The first kappa shape index (κ1) is 18.0. The van der Waals surface area contributed by atoms with Gasteiger partial charge in [-0.15, -0.1) is 11.3 Å². The number of rotatable bonds is 4. The second-order valence-electron chi connectivity index (χ2n) is 6.39. The third kappa shape index (κ3) is 3.18. The fraction of sp³-hybridized carbons (Fsp3) is 0.0455. The maximum atomic E-state index is 13.8. The van der Waals surface area contributed by atoms with E-state index in [-0.39, 0.29) is 5.82 Å². The molecule has 0 fully saturated rings. The second-order valence-corrected chi connectivity index (χ2v) is 7.27. The summed E-state index contributed by atoms with van der Waals surface area (Å²) in [5, 5.41) is 7.58. The molecule has 28 heavy (non-hydrogen) atoms. The number of allylic oxidation sites excluding steroid dienone is 1. The normalized spacial score (nSPS) is 11.7. The molecule has 0 spiro atoms. The summed E-state index contributed by atoms with van der Waals surface area (Å²) in [4.78, 5) is 8.98. The topological polar surface area (TPSA) is 75.7 Å². The van der Waals surface area contributed by atoms with Gasteiger partial charge in [0.15, 0.2) is 0 Å². The minimum Gasteiger partial charge on any atom is -0.404 e. The third-order valence-electron chi connectivity index (χ3n) is 4.63. The minimum absolute atomic E-state index is 0.245. The van der Waals surface area contributed by atoms with Gasteiger partial charge in [0.05, 0.1) is 21.4 Å². The van der Waals surface area contributed by atoms with Crippen LogP contribution >= 0.6 is 11.3 Å². The van der Waals surface area contributed by atoms with Gasteiger partial charge in [0.1, 0.15) is 5.82 Å². The molecule has 2 aromatic carbocycles. The summed E-state index contributed by atoms with van der Waals surface area (Å²) in [6, 6.07) is 13.0. The molecule has 0 aliphatic carbocycles. The summed E-state index contributed by atoms with van der Waals surface area (Å²) >= 11 is 1.57. The van der Waals surface area contributed by atoms with E-state index < -0.39 is 0 Å². The number of benzene rings is 2. The number of thiazole rings is 1. The van der Waals surface area contributed by atoms with Crippen LogP contribution in [0.25, 0.3) is 38.2 Å². The Morgan fingerprint density at radius 2 is 1.93 bits per heavy atom. The Morgan fingerprint density at radius 3 is 2.68 bits per heavy atom. The van der Waals surface area contributed by atoms with Crippen molar-refractivity contribution in [3.8, 4) is 22.4 Å². The number of nitrogens with zero attached hydrogens (tertiary/aromatic N) is 2. The summed E-state index contributed by atoms with van der Waals surface area (Å²) in [5.41, 5.74) is 13.8. The number of halogens is 1. The Labute approximate surface area is 165 Å². The standard InChI is InChI=1S/C22H17FN4S/c1-13-6-15(2-4-19(13)23)22-18(7-16(11-26-22)17(9-24)10-25)14-3-5-20-21(8-14)28-12-27-20/h2-12,24H,25H2,1H3. The molecule has 0 unspecified atom stereocenters. The van der Waals surface area contributed by atoms with E-state index in [4.69, 9.17) is 11.1 Å². The molecule has 0 bridgehead atoms. The van der Waals surface area contributed by atoms with Crippen molar-refractivity contribution in [2.45, 2.75) is 6.92 Å². The van der Waals surface area contributed by atoms with Gasteiger partial charge < -0.3 is 11.1 Å². The quantitative estimate of drug-likeness (QED) is 0.458. The largest absolute Gasteiger partial charge is 0.404 e. The van der Waals surface area contributed by atoms with Crippen molar-refractivity contribution < 1.29 is 4.39 Å². The molecule has 4 aromatic rings. The van der Waals surface area contributed by atoms with Crippen LogP contribution in [0.5, 0.6) is 0 Å². The molecule has 0 aliphatic rings. The highest BCUT2D eigenvalue weighted by molar-refractivity contribution is 7.16. The van der Waals surface area contributed by atoms with E-state index in [9.17, 15) is 4.39 Å². The molecule has 2 aromatic heterocycles. The van der Waals surface area contributed by atoms with Gasteiger partial charge >= 0.3 is 0 Å². The summed E-state index contributed by atoms with van der Waals surface area (Å²) in [5.74, 6) is -0.245. The van der Waals surface area contributed by atoms with E-state index in [1.165, 1.54) is 18.5 Å². The number of hydrogen-bond donors (Lipinski definition) is 2. The highest BCUT2D eigenvalue weighted by Crippen LogP contribution is 2.35. The number of aromatic nitrogens is 2. The van der Waals surface area contributed by atoms with E-state index in [1.54, 1.807) is 36.6 Å². The lowest BCUT2D eigenvalue weighted by Gasteiger charge is -2.13. The van der Waals surface area contributed by atoms with Crippen molar-refractivity contribution in [3.63, 3.8) is 0 Å². The van der Waals surface area contributed by atoms with Gasteiger partial charge in [-0.05, 0) is 54.4 Å². The molecule has 6 heteroatoms. The van der Waals surface area contributed by atoms with Crippen LogP contribution in [0.1, 0.15) is 11.1 Å². The lowest BCUT2D eigenvalue weighted by Crippen LogP contribution is -1.96. The number of pyridine rings is 1. The molecule has 2 heterocycles. The molecule has 4 rings (SSSR count). The predicted molar refractivity (Wildman–Crippen MR) is 114 cm³/mol. The van der Waals surface area contributed by atoms with Crippen LogP contribution in [0.4, 0.5) is 4.39 Å². The monoisotopic (exact) mass is 388 g/mol. The van der Waals surface area contributed by atoms with E-state index in [1.807, 2.05) is 23.7 Å². The average Bonchev–Trinajstić information content (AvgIpc) is 3.19. The van der Waals surface area contributed by atoms with Crippen molar-refractivity contribution in [2.75, 3.05) is 0 Å². The van der Waals surface area contributed by atoms with Crippen molar-refractivity contribution in [3.05, 3.63) is 77.3 Å². The maximum absolute atomic E-state index is 13.8. The molecule has 0 amide bonds. The van der Waals surface area contributed by atoms with E-state index in [0.29, 0.717) is 11.1 Å². The zero-order valence-corrected chi connectivity index (χ0v) is 15.9. The number of fused-ring (bicyclic) bond motifs is 1. The molecule has 0 radical (unpaired) electrons. The Bertz CT molecular complexity index is 1230. The smallest absolute Gasteiger partial charge is 0.126 e. The Kier molecular flexibility index (Phi) is 4.71. The van der Waals surface area contributed by atoms with Crippen LogP contribution in [0.3, 0.4) is 0 Å². The fourth-order valence-corrected chi connectivity index (χ4v) is 3.83. The van der Waals surface area contributed by atoms with E-state index >= 15 is 0 Å². The number of nitrogens with one attached hydrogen (secondary N) is 1. The lowest BCUT2D eigenvalue weighted by atomic mass is 9.95. The average molecular weight is 388 g/mol. The zero-order chi connectivity index (χ0) is 19.7. The second kappa shape index (κ2) is 7.32. The summed E-state index contributed by atoms with van der Waals surface area (Å²) < 4.78 is 14.8. The van der Waals surface area contributed by atoms with Crippen LogP contribution in [-0.2, 0) is 0 Å². The first-order valence-electron chi connectivity index (χ1n) is 8.63. The van der Waals surface area contributed by atoms with Crippen LogP contribution in [0, 0.1) is 18.2 Å². The molecule has 138 valence electrons. The summed E-state index contributed by atoms with van der Waals surface area (Å²) in [7, 11) is 0. The van der Waals surface area contributed by atoms with Gasteiger partial charge in [0.25, 0.3) is 0 Å². The van der Waals surface area contributed by atoms with Crippen molar-refractivity contribution >= 4 is 33.3 Å². The number of hydrogen-bond acceptors (Lipinski definition) is 5. The highest BCUT2D eigenvalue weighted by atomic mass is 32.1. The predicted octanol–water partition coefficient (Wildman–Crippen LogP) is 5.42. The van der Waals surface area contributed by atoms with Crippen molar-refractivity contribution in [1.82, 2.24) is 9.97 Å². The van der Waals surface area contributed by atoms with Gasteiger partial charge in [-0.25, -0.2) is 9.37 Å². The molecule has 3 N–H and O–H groups in total. The molecule has 0 saturated heterocycles. The fourth-order valence-electron chi connectivity index (χ4n) is 3.12.